The molecule has 0 atom stereocenters. The largest absolute Gasteiger partial charge is 0.434 e. The fraction of sp³-hybridized carbons (Fsp3) is 0. The Kier molecular flexibility index (Phi) is 2.97. The molecule has 3 rings (SSSR count). The second kappa shape index (κ2) is 4.67. The summed E-state index contributed by atoms with van der Waals surface area (Å²) >= 11 is 3.05. The summed E-state index contributed by atoms with van der Waals surface area (Å²) in [4.78, 5) is 14.3. The van der Waals surface area contributed by atoms with Gasteiger partial charge in [0.1, 0.15) is 5.52 Å². The summed E-state index contributed by atoms with van der Waals surface area (Å²) < 4.78 is 32.6. The van der Waals surface area contributed by atoms with Crippen LogP contribution in [0.25, 0.3) is 11.2 Å². The molecule has 0 fully saturated rings. The second-order valence-corrected chi connectivity index (χ2v) is 4.71. The molecule has 3 aromatic rings. The molecule has 2 aromatic heterocycles. The van der Waals surface area contributed by atoms with Crippen molar-refractivity contribution in [2.45, 2.75) is 0 Å². The molecule has 1 aromatic carbocycles. The van der Waals surface area contributed by atoms with Gasteiger partial charge in [-0.1, -0.05) is 15.9 Å². The van der Waals surface area contributed by atoms with Crippen LogP contribution in [-0.4, -0.2) is 19.9 Å². The lowest BCUT2D eigenvalue weighted by Crippen LogP contribution is -2.00. The molecule has 0 bridgehead atoms. The highest BCUT2D eigenvalue weighted by Gasteiger charge is 2.16. The molecule has 20 heavy (non-hydrogen) atoms. The zero-order chi connectivity index (χ0) is 14.3. The number of fused-ring (bicyclic) bond motifs is 1. The van der Waals surface area contributed by atoms with Crippen LogP contribution in [0.15, 0.2) is 22.9 Å². The number of imidazole rings is 1. The van der Waals surface area contributed by atoms with Crippen molar-refractivity contribution in [2.75, 3.05) is 5.73 Å². The predicted octanol–water partition coefficient (Wildman–Crippen LogP) is 2.77. The van der Waals surface area contributed by atoms with Gasteiger partial charge in [0.25, 0.3) is 5.88 Å². The van der Waals surface area contributed by atoms with Crippen LogP contribution in [0.3, 0.4) is 0 Å². The lowest BCUT2D eigenvalue weighted by atomic mass is 10.3. The lowest BCUT2D eigenvalue weighted by molar-refractivity contribution is 0.408. The minimum absolute atomic E-state index is 0.0404. The highest BCUT2D eigenvalue weighted by Crippen LogP contribution is 2.31. The van der Waals surface area contributed by atoms with Crippen LogP contribution >= 0.6 is 15.9 Å². The molecular formula is C11H6BrF2N5O. The molecule has 0 aliphatic heterocycles. The Balaban J connectivity index is 2.12. The molecule has 102 valence electrons. The number of hydrogen-bond acceptors (Lipinski definition) is 5. The normalized spacial score (nSPS) is 10.9. The predicted molar refractivity (Wildman–Crippen MR) is 70.2 cm³/mol. The smallest absolute Gasteiger partial charge is 0.250 e. The Bertz CT molecular complexity index is 807. The monoisotopic (exact) mass is 341 g/mol. The maximum atomic E-state index is 13.7. The van der Waals surface area contributed by atoms with E-state index in [4.69, 9.17) is 10.5 Å². The van der Waals surface area contributed by atoms with Gasteiger partial charge in [-0.2, -0.15) is 14.4 Å². The quantitative estimate of drug-likeness (QED) is 0.699. The van der Waals surface area contributed by atoms with Crippen molar-refractivity contribution in [1.82, 2.24) is 19.9 Å². The number of nitrogens with two attached hydrogens (primary N) is 1. The topological polar surface area (TPSA) is 89.7 Å². The van der Waals surface area contributed by atoms with Crippen molar-refractivity contribution in [3.63, 3.8) is 0 Å². The number of hydrogen-bond donors (Lipinski definition) is 2. The summed E-state index contributed by atoms with van der Waals surface area (Å²) in [6.45, 7) is 0. The zero-order valence-electron chi connectivity index (χ0n) is 9.69. The van der Waals surface area contributed by atoms with Crippen LogP contribution in [0.5, 0.6) is 11.6 Å². The fourth-order valence-electron chi connectivity index (χ4n) is 1.61. The van der Waals surface area contributed by atoms with E-state index in [9.17, 15) is 8.78 Å². The first kappa shape index (κ1) is 12.7. The van der Waals surface area contributed by atoms with Gasteiger partial charge < -0.3 is 15.5 Å². The highest BCUT2D eigenvalue weighted by atomic mass is 79.9. The van der Waals surface area contributed by atoms with Crippen molar-refractivity contribution < 1.29 is 13.5 Å². The Morgan fingerprint density at radius 1 is 1.25 bits per heavy atom. The standard InChI is InChI=1S/C11H6BrF2N5O/c12-4-1-5(13)7(14)6(2-4)20-10-8-9(17-3-16-8)18-11(15)19-10/h1-3H,(H3,15,16,17,18,19). The van der Waals surface area contributed by atoms with E-state index in [0.29, 0.717) is 9.99 Å². The van der Waals surface area contributed by atoms with Gasteiger partial charge in [-0.3, -0.25) is 0 Å². The molecule has 9 heteroatoms. The Morgan fingerprint density at radius 2 is 2.05 bits per heavy atom. The van der Waals surface area contributed by atoms with Gasteiger partial charge >= 0.3 is 0 Å². The van der Waals surface area contributed by atoms with Gasteiger partial charge in [0, 0.05) is 4.47 Å². The zero-order valence-corrected chi connectivity index (χ0v) is 11.3. The molecule has 0 spiro atoms. The molecule has 0 saturated carbocycles. The number of benzene rings is 1. The van der Waals surface area contributed by atoms with E-state index in [-0.39, 0.29) is 23.2 Å². The Morgan fingerprint density at radius 3 is 2.85 bits per heavy atom. The molecule has 0 amide bonds. The fourth-order valence-corrected chi connectivity index (χ4v) is 2.02. The van der Waals surface area contributed by atoms with Crippen molar-refractivity contribution in [2.24, 2.45) is 0 Å². The number of ether oxygens (including phenoxy) is 1. The third kappa shape index (κ3) is 2.16. The van der Waals surface area contributed by atoms with E-state index in [1.807, 2.05) is 0 Å². The molecule has 3 N–H and O–H groups in total. The minimum atomic E-state index is -1.13. The summed E-state index contributed by atoms with van der Waals surface area (Å²) in [5.74, 6) is -2.63. The molecular weight excluding hydrogens is 336 g/mol. The molecule has 6 nitrogen and oxygen atoms in total. The number of nitrogens with one attached hydrogen (secondary N) is 1. The van der Waals surface area contributed by atoms with E-state index < -0.39 is 11.6 Å². The van der Waals surface area contributed by atoms with Gasteiger partial charge in [0.15, 0.2) is 17.2 Å². The molecule has 0 saturated heterocycles. The van der Waals surface area contributed by atoms with Gasteiger partial charge in [0.2, 0.25) is 11.8 Å². The first-order valence-electron chi connectivity index (χ1n) is 5.33. The molecule has 0 aliphatic carbocycles. The first-order valence-corrected chi connectivity index (χ1v) is 6.13. The van der Waals surface area contributed by atoms with Crippen LogP contribution in [0.2, 0.25) is 0 Å². The number of aromatic nitrogens is 4. The third-order valence-electron chi connectivity index (χ3n) is 2.44. The van der Waals surface area contributed by atoms with Crippen LogP contribution in [0, 0.1) is 11.6 Å². The summed E-state index contributed by atoms with van der Waals surface area (Å²) in [5, 5.41) is 0. The number of anilines is 1. The Labute approximate surface area is 119 Å². The van der Waals surface area contributed by atoms with Crippen molar-refractivity contribution in [3.05, 3.63) is 34.6 Å². The van der Waals surface area contributed by atoms with Crippen LogP contribution in [0.4, 0.5) is 14.7 Å². The average molecular weight is 342 g/mol. The van der Waals surface area contributed by atoms with Crippen LogP contribution in [0.1, 0.15) is 0 Å². The second-order valence-electron chi connectivity index (χ2n) is 3.79. The molecule has 2 heterocycles. The number of nitrogen functional groups attached to an aromatic ring is 1. The molecule has 0 radical (unpaired) electrons. The van der Waals surface area contributed by atoms with Gasteiger partial charge in [0.05, 0.1) is 6.33 Å². The van der Waals surface area contributed by atoms with Gasteiger partial charge in [-0.05, 0) is 12.1 Å². The Hall–Kier alpha value is -2.29. The number of halogens is 3. The minimum Gasteiger partial charge on any atom is -0.434 e. The number of nitrogens with zero attached hydrogens (tertiary/aromatic N) is 3. The number of rotatable bonds is 2. The van der Waals surface area contributed by atoms with E-state index in [1.54, 1.807) is 0 Å². The van der Waals surface area contributed by atoms with E-state index >= 15 is 0 Å². The maximum absolute atomic E-state index is 13.7. The van der Waals surface area contributed by atoms with Gasteiger partial charge in [-0.15, -0.1) is 0 Å². The highest BCUT2D eigenvalue weighted by molar-refractivity contribution is 9.10. The van der Waals surface area contributed by atoms with Gasteiger partial charge in [-0.25, -0.2) is 9.37 Å². The van der Waals surface area contributed by atoms with Crippen molar-refractivity contribution in [3.8, 4) is 11.6 Å². The first-order chi connectivity index (χ1) is 9.54. The summed E-state index contributed by atoms with van der Waals surface area (Å²) in [6, 6.07) is 2.27. The van der Waals surface area contributed by atoms with Crippen LogP contribution in [-0.2, 0) is 0 Å². The van der Waals surface area contributed by atoms with E-state index in [0.717, 1.165) is 6.07 Å². The lowest BCUT2D eigenvalue weighted by Gasteiger charge is -2.08. The van der Waals surface area contributed by atoms with E-state index in [2.05, 4.69) is 35.9 Å². The molecule has 0 aliphatic rings. The number of H-pyrrole nitrogens is 1. The number of aromatic amines is 1. The summed E-state index contributed by atoms with van der Waals surface area (Å²) in [6.07, 6.45) is 1.36. The van der Waals surface area contributed by atoms with E-state index in [1.165, 1.54) is 12.4 Å². The summed E-state index contributed by atoms with van der Waals surface area (Å²) in [5.41, 5.74) is 6.10. The van der Waals surface area contributed by atoms with Crippen LogP contribution < -0.4 is 10.5 Å². The molecule has 0 unspecified atom stereocenters. The third-order valence-corrected chi connectivity index (χ3v) is 2.89. The van der Waals surface area contributed by atoms with Crippen molar-refractivity contribution in [1.29, 1.82) is 0 Å². The maximum Gasteiger partial charge on any atom is 0.250 e. The summed E-state index contributed by atoms with van der Waals surface area (Å²) in [7, 11) is 0. The SMILES string of the molecule is Nc1nc(Oc2cc(Br)cc(F)c2F)c2[nH]cnc2n1. The average Bonchev–Trinajstić information content (AvgIpc) is 2.83. The van der Waals surface area contributed by atoms with Crippen molar-refractivity contribution >= 4 is 33.0 Å².